The highest BCUT2D eigenvalue weighted by Gasteiger charge is 2.50. The minimum Gasteiger partial charge on any atom is -0.496 e. The average molecular weight is 1890 g/mol. The van der Waals surface area contributed by atoms with Crippen LogP contribution < -0.4 is 9.47 Å². The molecule has 696 valence electrons. The molecule has 33 heteroatoms. The minimum absolute atomic E-state index is 0.0106. The smallest absolute Gasteiger partial charge is 0.191 e. The fourth-order valence-electron chi connectivity index (χ4n) is 16.0. The number of Topliss-reactive ketones (excluding diaryl/α,β-unsaturated/α-hetero) is 6. The Morgan fingerprint density at radius 3 is 0.836 bits per heavy atom. The Kier molecular flexibility index (Phi) is 32.2. The van der Waals surface area contributed by atoms with Crippen LogP contribution in [0.2, 0.25) is 15.1 Å². The molecule has 0 aliphatic heterocycles. The second-order valence-electron chi connectivity index (χ2n) is 34.8. The van der Waals surface area contributed by atoms with Crippen LogP contribution in [0.5, 0.6) is 11.5 Å². The summed E-state index contributed by atoms with van der Waals surface area (Å²) in [6, 6.07) is 32.2. The Morgan fingerprint density at radius 1 is 0.284 bits per heavy atom. The predicted octanol–water partition coefficient (Wildman–Crippen LogP) is 15.0. The molecular formula is C101H99Cl3F4N12O14. The molecule has 12 aromatic rings. The number of benzene rings is 6. The van der Waals surface area contributed by atoms with E-state index in [1.54, 1.807) is 46.3 Å². The lowest BCUT2D eigenvalue weighted by Crippen LogP contribution is -2.15. The maximum Gasteiger partial charge on any atom is 0.191 e. The van der Waals surface area contributed by atoms with Crippen molar-refractivity contribution in [3.8, 4) is 11.5 Å². The summed E-state index contributed by atoms with van der Waals surface area (Å²) in [5.74, 6) is 1.19. The second-order valence-corrected chi connectivity index (χ2v) is 36.0. The molecule has 6 saturated carbocycles. The highest BCUT2D eigenvalue weighted by Crippen LogP contribution is 2.57. The number of aliphatic hydroxyl groups excluding tert-OH is 6. The van der Waals surface area contributed by atoms with Gasteiger partial charge in [-0.05, 0) is 203 Å². The lowest BCUT2D eigenvalue weighted by atomic mass is 9.91. The number of hydrogen-bond donors (Lipinski definition) is 6. The van der Waals surface area contributed by atoms with E-state index in [0.717, 1.165) is 140 Å². The van der Waals surface area contributed by atoms with Gasteiger partial charge in [0.1, 0.15) is 97.7 Å². The number of carbonyl (C=O) groups is 6. The number of aliphatic hydroxyl groups is 6. The third kappa shape index (κ3) is 24.7. The van der Waals surface area contributed by atoms with Gasteiger partial charge in [0.05, 0.1) is 57.6 Å². The maximum atomic E-state index is 13.8. The molecule has 18 rings (SSSR count). The highest BCUT2D eigenvalue weighted by atomic mass is 35.5. The van der Waals surface area contributed by atoms with E-state index in [9.17, 15) is 46.3 Å². The number of ketones is 6. The van der Waals surface area contributed by atoms with Gasteiger partial charge in [0.15, 0.2) is 46.3 Å². The molecule has 0 atom stereocenters. The maximum absolute atomic E-state index is 13.8. The van der Waals surface area contributed by atoms with Crippen LogP contribution >= 0.6 is 34.8 Å². The van der Waals surface area contributed by atoms with Gasteiger partial charge < -0.3 is 40.1 Å². The fraction of sp³-hybridized carbons (Fsp3) is 0.347. The van der Waals surface area contributed by atoms with Crippen LogP contribution in [0.1, 0.15) is 224 Å². The lowest BCUT2D eigenvalue weighted by Gasteiger charge is -2.18. The number of halogens is 7. The summed E-state index contributed by atoms with van der Waals surface area (Å²) < 4.78 is 64.5. The SMILES string of the molecule is COc1cc(C2(Cc3ncc(C(=O)CO)cn3)CC2)ccc1C.COc1ccc(Cl)cc1C1(Cc2ncc(C(=O)CO)cn2)CC1.Cc1cc(C2(Cc3ncc(C(=O)CO)cn3)CC2)ccc1F.Cc1ccc(C2(Cc3ncc(C(=O)CO)cn3)CC2)cc1F.O=C(CO)c1cnc(CC2(c3ccc(Cl)c(Cl)c3)CC2)nc1.O=C(CO)c1cnc(CC2(c3ccc(F)c(F)c3)CC2)nc1. The number of methoxy groups -OCH3 is 2. The molecule has 134 heavy (non-hydrogen) atoms. The molecule has 6 fully saturated rings. The summed E-state index contributed by atoms with van der Waals surface area (Å²) in [6.07, 6.45) is 33.3. The van der Waals surface area contributed by atoms with E-state index in [2.05, 4.69) is 78.0 Å². The number of ether oxygens (including phenoxy) is 2. The predicted molar refractivity (Wildman–Crippen MR) is 489 cm³/mol. The van der Waals surface area contributed by atoms with E-state index in [1.165, 1.54) is 92.1 Å². The quantitative estimate of drug-likeness (QED) is 0.0168. The molecule has 6 aliphatic rings. The first-order valence-corrected chi connectivity index (χ1v) is 44.6. The van der Waals surface area contributed by atoms with E-state index in [4.69, 9.17) is 74.9 Å². The summed E-state index contributed by atoms with van der Waals surface area (Å²) in [7, 11) is 3.33. The number of hydrogen-bond acceptors (Lipinski definition) is 26. The average Bonchev–Trinajstić information content (AvgIpc) is 1.67. The van der Waals surface area contributed by atoms with Gasteiger partial charge in [0, 0.05) is 156 Å². The topological polar surface area (TPSA) is 397 Å². The Morgan fingerprint density at radius 2 is 0.552 bits per heavy atom. The summed E-state index contributed by atoms with van der Waals surface area (Å²) in [5.41, 5.74) is 10.2. The molecule has 6 aromatic carbocycles. The zero-order valence-electron chi connectivity index (χ0n) is 74.3. The molecule has 0 amide bonds. The minimum atomic E-state index is -0.859. The van der Waals surface area contributed by atoms with Crippen molar-refractivity contribution in [1.82, 2.24) is 59.8 Å². The molecule has 6 N–H and O–H groups in total. The van der Waals surface area contributed by atoms with Crippen molar-refractivity contribution in [2.45, 2.75) is 169 Å². The number of aryl methyl sites for hydroxylation is 3. The molecule has 6 heterocycles. The van der Waals surface area contributed by atoms with E-state index in [1.807, 2.05) is 61.5 Å². The zero-order chi connectivity index (χ0) is 95.9. The molecule has 26 nitrogen and oxygen atoms in total. The Balaban J connectivity index is 0.000000136. The summed E-state index contributed by atoms with van der Waals surface area (Å²) in [6.45, 7) is 2.29. The summed E-state index contributed by atoms with van der Waals surface area (Å²) >= 11 is 18.2. The van der Waals surface area contributed by atoms with Gasteiger partial charge >= 0.3 is 0 Å². The Hall–Kier alpha value is -12.2. The molecule has 0 spiro atoms. The molecule has 0 unspecified atom stereocenters. The number of rotatable bonds is 32. The first-order chi connectivity index (χ1) is 64.3. The third-order valence-electron chi connectivity index (χ3n) is 25.5. The molecule has 0 radical (unpaired) electrons. The van der Waals surface area contributed by atoms with Crippen molar-refractivity contribution >= 4 is 69.5 Å². The van der Waals surface area contributed by atoms with Crippen molar-refractivity contribution in [2.75, 3.05) is 53.9 Å². The number of aromatic nitrogens is 12. The van der Waals surface area contributed by atoms with Crippen molar-refractivity contribution < 1.29 is 86.4 Å². The second kappa shape index (κ2) is 43.4. The van der Waals surface area contributed by atoms with Gasteiger partial charge in [-0.25, -0.2) is 77.4 Å². The first kappa shape index (κ1) is 99.3. The Bertz CT molecular complexity index is 5750. The van der Waals surface area contributed by atoms with Crippen LogP contribution in [0.3, 0.4) is 0 Å². The van der Waals surface area contributed by atoms with Gasteiger partial charge in [-0.3, -0.25) is 28.8 Å². The van der Waals surface area contributed by atoms with E-state index in [0.29, 0.717) is 115 Å². The highest BCUT2D eigenvalue weighted by molar-refractivity contribution is 6.42. The van der Waals surface area contributed by atoms with Crippen molar-refractivity contribution in [3.05, 3.63) is 340 Å². The largest absolute Gasteiger partial charge is 0.496 e. The van der Waals surface area contributed by atoms with Crippen LogP contribution in [-0.2, 0) is 71.0 Å². The van der Waals surface area contributed by atoms with Gasteiger partial charge in [-0.1, -0.05) is 83.3 Å². The van der Waals surface area contributed by atoms with Crippen molar-refractivity contribution in [2.24, 2.45) is 0 Å². The van der Waals surface area contributed by atoms with Crippen molar-refractivity contribution in [1.29, 1.82) is 0 Å². The summed E-state index contributed by atoms with van der Waals surface area (Å²) in [4.78, 5) is 119. The van der Waals surface area contributed by atoms with Crippen LogP contribution in [0.15, 0.2) is 184 Å². The van der Waals surface area contributed by atoms with Gasteiger partial charge in [-0.2, -0.15) is 0 Å². The fourth-order valence-corrected chi connectivity index (χ4v) is 16.5. The van der Waals surface area contributed by atoms with Crippen LogP contribution in [-0.4, -0.2) is 179 Å². The van der Waals surface area contributed by atoms with Crippen molar-refractivity contribution in [3.63, 3.8) is 0 Å². The van der Waals surface area contributed by atoms with E-state index in [-0.39, 0.29) is 72.8 Å². The van der Waals surface area contributed by atoms with Gasteiger partial charge in [0.25, 0.3) is 0 Å². The zero-order valence-corrected chi connectivity index (χ0v) is 76.5. The molecule has 0 saturated heterocycles. The summed E-state index contributed by atoms with van der Waals surface area (Å²) in [5, 5.41) is 54.7. The van der Waals surface area contributed by atoms with Gasteiger partial charge in [0.2, 0.25) is 0 Å². The monoisotopic (exact) mass is 1880 g/mol. The van der Waals surface area contributed by atoms with E-state index >= 15 is 0 Å². The number of carbonyl (C=O) groups excluding carboxylic acids is 6. The first-order valence-electron chi connectivity index (χ1n) is 43.5. The standard InChI is InChI=1S/C18H20N2O3.C17H17ClN2O3.2C17H17FN2O2.C16H14Cl2N2O2.C16H14F2N2O2/c1-12-3-4-14(7-16(12)23-2)18(5-6-18)8-17-19-9-13(10-20-17)15(22)11-21;1-23-15-3-2-12(18)6-13(15)17(4-5-17)7-16-19-8-11(9-20-16)14(22)10-21;1-11-6-13(2-3-14(11)18)17(4-5-17)7-16-19-8-12(9-20-16)15(22)10-21;1-11-2-3-13(6-14(11)18)17(4-5-17)7-16-19-8-12(9-20-16)15(22)10-21;2*17-12-2-1-11(5-13(12)18)16(3-4-16)6-15-19-7-10(8-20-15)14(22)9-21/h3-4,7,9-10,21H,5-6,8,11H2,1-2H3;2-3,6,8-9,21H,4-5,7,10H2,1H3;2*2-3,6,8-9,21H,4-5,7,10H2,1H3;2*1-2,5,7-8,21H,3-4,6,9H2. The number of nitrogens with zero attached hydrogens (tertiary/aromatic N) is 12. The lowest BCUT2D eigenvalue weighted by molar-refractivity contribution is 0.0897. The van der Waals surface area contributed by atoms with Crippen LogP contribution in [0, 0.1) is 44.0 Å². The van der Waals surface area contributed by atoms with Crippen LogP contribution in [0.25, 0.3) is 0 Å². The third-order valence-corrected chi connectivity index (χ3v) is 26.5. The Labute approximate surface area is 785 Å². The van der Waals surface area contributed by atoms with Gasteiger partial charge in [-0.15, -0.1) is 0 Å². The molecule has 6 aliphatic carbocycles. The normalized spacial score (nSPS) is 15.5. The van der Waals surface area contributed by atoms with Crippen LogP contribution in [0.4, 0.5) is 17.6 Å². The van der Waals surface area contributed by atoms with E-state index < -0.39 is 62.8 Å². The molecular weight excluding hydrogens is 1790 g/mol. The molecule has 6 aromatic heterocycles. The molecule has 0 bridgehead atoms.